The molecule has 0 bridgehead atoms. The lowest BCUT2D eigenvalue weighted by Crippen LogP contribution is -2.42. The molecule has 0 aromatic heterocycles. The average molecular weight is 439 g/mol. The van der Waals surface area contributed by atoms with Gasteiger partial charge in [0.25, 0.3) is 17.5 Å². The zero-order valence-electron chi connectivity index (χ0n) is 17.6. The predicted molar refractivity (Wildman–Crippen MR) is 112 cm³/mol. The number of carbonyl (C=O) groups is 3. The van der Waals surface area contributed by atoms with Crippen molar-refractivity contribution in [1.29, 1.82) is 0 Å². The van der Waals surface area contributed by atoms with E-state index < -0.39 is 34.9 Å². The van der Waals surface area contributed by atoms with Crippen molar-refractivity contribution in [3.63, 3.8) is 0 Å². The van der Waals surface area contributed by atoms with Gasteiger partial charge in [0.1, 0.15) is 23.6 Å². The molecule has 3 amide bonds. The van der Waals surface area contributed by atoms with Crippen molar-refractivity contribution in [2.45, 2.75) is 18.9 Å². The number of rotatable bonds is 6. The summed E-state index contributed by atoms with van der Waals surface area (Å²) in [6, 6.07) is 8.89. The number of amides is 3. The standard InChI is InChI=1S/C22H21N3O7/c1-31-13-8-9-18(32-2)15(11-13)16-7-4-10-23(16)19(26)12-24-21(27)14-5-3-6-17(25(29)30)20(14)22(24)28/h3,5-6,8-9,11,16H,4,7,10,12H2,1-2H3. The SMILES string of the molecule is COc1ccc(OC)c(C2CCCN2C(=O)CN2C(=O)c3cccc([N+](=O)[O-])c3C2=O)c1. The molecule has 2 heterocycles. The molecule has 10 nitrogen and oxygen atoms in total. The van der Waals surface area contributed by atoms with E-state index in [0.29, 0.717) is 24.5 Å². The van der Waals surface area contributed by atoms with Gasteiger partial charge in [-0.1, -0.05) is 6.07 Å². The first-order valence-corrected chi connectivity index (χ1v) is 10.0. The number of imide groups is 1. The highest BCUT2D eigenvalue weighted by Gasteiger charge is 2.43. The van der Waals surface area contributed by atoms with E-state index in [-0.39, 0.29) is 17.2 Å². The van der Waals surface area contributed by atoms with Crippen molar-refractivity contribution in [3.05, 3.63) is 63.2 Å². The number of fused-ring (bicyclic) bond motifs is 1. The summed E-state index contributed by atoms with van der Waals surface area (Å²) in [5, 5.41) is 11.3. The first kappa shape index (κ1) is 21.3. The van der Waals surface area contributed by atoms with Crippen LogP contribution in [0.4, 0.5) is 5.69 Å². The van der Waals surface area contributed by atoms with Crippen molar-refractivity contribution in [3.8, 4) is 11.5 Å². The van der Waals surface area contributed by atoms with Gasteiger partial charge in [0.2, 0.25) is 5.91 Å². The molecule has 0 saturated carbocycles. The number of ether oxygens (including phenoxy) is 2. The summed E-state index contributed by atoms with van der Waals surface area (Å²) in [4.78, 5) is 51.7. The molecule has 2 aliphatic heterocycles. The number of carbonyl (C=O) groups excluding carboxylic acids is 3. The molecule has 2 aromatic rings. The van der Waals surface area contributed by atoms with Gasteiger partial charge in [0.05, 0.1) is 30.7 Å². The molecule has 0 N–H and O–H groups in total. The summed E-state index contributed by atoms with van der Waals surface area (Å²) >= 11 is 0. The molecule has 1 atom stereocenters. The summed E-state index contributed by atoms with van der Waals surface area (Å²) in [7, 11) is 3.09. The van der Waals surface area contributed by atoms with Gasteiger partial charge in [0, 0.05) is 18.2 Å². The topological polar surface area (TPSA) is 119 Å². The van der Waals surface area contributed by atoms with Gasteiger partial charge in [-0.2, -0.15) is 0 Å². The monoisotopic (exact) mass is 439 g/mol. The second-order valence-electron chi connectivity index (χ2n) is 7.51. The smallest absolute Gasteiger partial charge is 0.282 e. The van der Waals surface area contributed by atoms with E-state index in [1.165, 1.54) is 25.3 Å². The number of hydrogen-bond donors (Lipinski definition) is 0. The van der Waals surface area contributed by atoms with E-state index in [1.807, 2.05) is 0 Å². The highest BCUT2D eigenvalue weighted by atomic mass is 16.6. The third-order valence-corrected chi connectivity index (χ3v) is 5.84. The van der Waals surface area contributed by atoms with Gasteiger partial charge in [-0.25, -0.2) is 0 Å². The molecule has 4 rings (SSSR count). The molecule has 32 heavy (non-hydrogen) atoms. The Labute approximate surface area is 183 Å². The van der Waals surface area contributed by atoms with Gasteiger partial charge in [-0.3, -0.25) is 29.4 Å². The molecule has 1 unspecified atom stereocenters. The minimum absolute atomic E-state index is 0.0653. The van der Waals surface area contributed by atoms with Crippen LogP contribution in [0.5, 0.6) is 11.5 Å². The second-order valence-corrected chi connectivity index (χ2v) is 7.51. The van der Waals surface area contributed by atoms with Gasteiger partial charge >= 0.3 is 0 Å². The highest BCUT2D eigenvalue weighted by molar-refractivity contribution is 6.24. The summed E-state index contributed by atoms with van der Waals surface area (Å²) < 4.78 is 10.8. The third kappa shape index (κ3) is 3.43. The molecule has 2 aliphatic rings. The molecule has 0 aliphatic carbocycles. The summed E-state index contributed by atoms with van der Waals surface area (Å²) in [5.41, 5.74) is -0.0150. The minimum atomic E-state index is -0.833. The van der Waals surface area contributed by atoms with Crippen LogP contribution in [0, 0.1) is 10.1 Å². The molecule has 166 valence electrons. The van der Waals surface area contributed by atoms with Crippen molar-refractivity contribution >= 4 is 23.4 Å². The Morgan fingerprint density at radius 3 is 2.62 bits per heavy atom. The Bertz CT molecular complexity index is 1130. The van der Waals surface area contributed by atoms with Gasteiger partial charge < -0.3 is 14.4 Å². The van der Waals surface area contributed by atoms with E-state index in [1.54, 1.807) is 30.2 Å². The molecule has 1 fully saturated rings. The Balaban J connectivity index is 1.59. The fourth-order valence-electron chi connectivity index (χ4n) is 4.33. The first-order chi connectivity index (χ1) is 15.4. The number of methoxy groups -OCH3 is 2. The number of likely N-dealkylation sites (tertiary alicyclic amines) is 1. The fourth-order valence-corrected chi connectivity index (χ4v) is 4.33. The largest absolute Gasteiger partial charge is 0.497 e. The maximum absolute atomic E-state index is 13.2. The first-order valence-electron chi connectivity index (χ1n) is 10.0. The van der Waals surface area contributed by atoms with Crippen LogP contribution in [0.15, 0.2) is 36.4 Å². The molecule has 0 radical (unpaired) electrons. The van der Waals surface area contributed by atoms with E-state index in [2.05, 4.69) is 0 Å². The highest BCUT2D eigenvalue weighted by Crippen LogP contribution is 2.39. The quantitative estimate of drug-likeness (QED) is 0.385. The lowest BCUT2D eigenvalue weighted by molar-refractivity contribution is -0.385. The predicted octanol–water partition coefficient (Wildman–Crippen LogP) is 2.57. The minimum Gasteiger partial charge on any atom is -0.497 e. The van der Waals surface area contributed by atoms with Crippen molar-refractivity contribution < 1.29 is 28.8 Å². The maximum Gasteiger partial charge on any atom is 0.282 e. The second kappa shape index (κ2) is 8.29. The normalized spacial score (nSPS) is 17.5. The Hall–Kier alpha value is -3.95. The van der Waals surface area contributed by atoms with Crippen LogP contribution in [0.1, 0.15) is 45.2 Å². The third-order valence-electron chi connectivity index (χ3n) is 5.84. The molecule has 10 heteroatoms. The van der Waals surface area contributed by atoms with Crippen LogP contribution >= 0.6 is 0 Å². The lowest BCUT2D eigenvalue weighted by atomic mass is 10.0. The van der Waals surface area contributed by atoms with Gasteiger partial charge in [-0.15, -0.1) is 0 Å². The van der Waals surface area contributed by atoms with Gasteiger partial charge in [0.15, 0.2) is 0 Å². The number of hydrogen-bond acceptors (Lipinski definition) is 7. The number of nitro benzene ring substituents is 1. The van der Waals surface area contributed by atoms with Crippen molar-refractivity contribution in [2.75, 3.05) is 27.3 Å². The van der Waals surface area contributed by atoms with Crippen LogP contribution < -0.4 is 9.47 Å². The Morgan fingerprint density at radius 1 is 1.16 bits per heavy atom. The summed E-state index contributed by atoms with van der Waals surface area (Å²) in [6.07, 6.45) is 1.42. The van der Waals surface area contributed by atoms with E-state index in [4.69, 9.17) is 9.47 Å². The zero-order valence-corrected chi connectivity index (χ0v) is 17.6. The maximum atomic E-state index is 13.2. The van der Waals surface area contributed by atoms with Gasteiger partial charge in [-0.05, 0) is 37.1 Å². The van der Waals surface area contributed by atoms with Crippen LogP contribution in [-0.2, 0) is 4.79 Å². The summed E-state index contributed by atoms with van der Waals surface area (Å²) in [5.74, 6) is -0.744. The van der Waals surface area contributed by atoms with E-state index in [9.17, 15) is 24.5 Å². The fraction of sp³-hybridized carbons (Fsp3) is 0.318. The number of nitrogens with zero attached hydrogens (tertiary/aromatic N) is 3. The molecular formula is C22H21N3O7. The molecule has 0 spiro atoms. The Kier molecular flexibility index (Phi) is 5.52. The zero-order chi connectivity index (χ0) is 23.0. The van der Waals surface area contributed by atoms with E-state index in [0.717, 1.165) is 16.9 Å². The van der Waals surface area contributed by atoms with Crippen LogP contribution in [0.25, 0.3) is 0 Å². The number of benzene rings is 2. The van der Waals surface area contributed by atoms with Crippen molar-refractivity contribution in [1.82, 2.24) is 9.80 Å². The van der Waals surface area contributed by atoms with Crippen molar-refractivity contribution in [2.24, 2.45) is 0 Å². The molecular weight excluding hydrogens is 418 g/mol. The molecule has 2 aromatic carbocycles. The molecule has 1 saturated heterocycles. The van der Waals surface area contributed by atoms with E-state index >= 15 is 0 Å². The van der Waals surface area contributed by atoms with Crippen LogP contribution in [0.2, 0.25) is 0 Å². The average Bonchev–Trinajstić information content (AvgIpc) is 3.38. The Morgan fingerprint density at radius 2 is 1.94 bits per heavy atom. The number of nitro groups is 1. The lowest BCUT2D eigenvalue weighted by Gasteiger charge is -2.28. The van der Waals surface area contributed by atoms with Crippen LogP contribution in [0.3, 0.4) is 0 Å². The van der Waals surface area contributed by atoms with Crippen LogP contribution in [-0.4, -0.2) is 59.8 Å². The summed E-state index contributed by atoms with van der Waals surface area (Å²) in [6.45, 7) is -0.0422.